The Balaban J connectivity index is 0.00000121. The zero-order valence-electron chi connectivity index (χ0n) is 8.18. The number of rotatable bonds is 3. The standard InChI is InChI=1S/C9H20NO.HI/c1-10(8-9-11-2)6-4-3-5-7-10;/h3-9H2,1-2H3;1H/q+1;/p-1. The zero-order valence-corrected chi connectivity index (χ0v) is 10.3. The number of ether oxygens (including phenoxy) is 1. The Bertz CT molecular complexity index is 113. The van der Waals surface area contributed by atoms with Crippen molar-refractivity contribution in [2.24, 2.45) is 0 Å². The minimum absolute atomic E-state index is 0. The van der Waals surface area contributed by atoms with Crippen molar-refractivity contribution < 1.29 is 33.2 Å². The third-order valence-corrected chi connectivity index (χ3v) is 2.73. The minimum atomic E-state index is 0. The van der Waals surface area contributed by atoms with Crippen molar-refractivity contribution in [3.63, 3.8) is 0 Å². The van der Waals surface area contributed by atoms with Gasteiger partial charge in [-0.1, -0.05) is 0 Å². The van der Waals surface area contributed by atoms with Gasteiger partial charge in [0.1, 0.15) is 6.54 Å². The molecule has 0 radical (unpaired) electrons. The quantitative estimate of drug-likeness (QED) is 0.442. The lowest BCUT2D eigenvalue weighted by Gasteiger charge is -2.37. The van der Waals surface area contributed by atoms with Crippen LogP contribution in [0.3, 0.4) is 0 Å². The fourth-order valence-corrected chi connectivity index (χ4v) is 1.81. The van der Waals surface area contributed by atoms with Gasteiger partial charge in [0.2, 0.25) is 0 Å². The van der Waals surface area contributed by atoms with E-state index in [9.17, 15) is 0 Å². The van der Waals surface area contributed by atoms with Crippen molar-refractivity contribution in [3.05, 3.63) is 0 Å². The van der Waals surface area contributed by atoms with E-state index in [0.29, 0.717) is 0 Å². The third kappa shape index (κ3) is 4.05. The van der Waals surface area contributed by atoms with E-state index in [-0.39, 0.29) is 24.0 Å². The predicted octanol–water partition coefficient (Wildman–Crippen LogP) is -1.73. The van der Waals surface area contributed by atoms with Crippen molar-refractivity contribution in [1.29, 1.82) is 0 Å². The second-order valence-corrected chi connectivity index (χ2v) is 3.84. The van der Waals surface area contributed by atoms with E-state index in [0.717, 1.165) is 6.61 Å². The van der Waals surface area contributed by atoms with Crippen LogP contribution in [-0.2, 0) is 4.74 Å². The molecule has 0 aliphatic carbocycles. The number of halogens is 1. The molecule has 0 aromatic heterocycles. The molecule has 0 N–H and O–H groups in total. The highest BCUT2D eigenvalue weighted by Gasteiger charge is 2.23. The fourth-order valence-electron chi connectivity index (χ4n) is 1.81. The van der Waals surface area contributed by atoms with Crippen molar-refractivity contribution in [3.8, 4) is 0 Å². The van der Waals surface area contributed by atoms with Gasteiger partial charge < -0.3 is 33.2 Å². The first-order valence-corrected chi connectivity index (χ1v) is 4.59. The highest BCUT2D eigenvalue weighted by Crippen LogP contribution is 2.15. The Morgan fingerprint density at radius 1 is 1.17 bits per heavy atom. The van der Waals surface area contributed by atoms with Crippen LogP contribution in [0.15, 0.2) is 0 Å². The highest BCUT2D eigenvalue weighted by molar-refractivity contribution is 4.51. The molecular formula is C9H20INO. The largest absolute Gasteiger partial charge is 1.00 e. The Hall–Kier alpha value is 0.650. The number of quaternary nitrogens is 1. The van der Waals surface area contributed by atoms with E-state index in [4.69, 9.17) is 4.74 Å². The molecule has 3 heteroatoms. The van der Waals surface area contributed by atoms with E-state index in [1.54, 1.807) is 7.11 Å². The Morgan fingerprint density at radius 2 is 1.75 bits per heavy atom. The minimum Gasteiger partial charge on any atom is -1.00 e. The first-order valence-electron chi connectivity index (χ1n) is 4.59. The van der Waals surface area contributed by atoms with Crippen LogP contribution in [0.25, 0.3) is 0 Å². The maximum atomic E-state index is 5.09. The number of piperidine rings is 1. The van der Waals surface area contributed by atoms with Gasteiger partial charge in [-0.25, -0.2) is 0 Å². The van der Waals surface area contributed by atoms with Crippen LogP contribution < -0.4 is 24.0 Å². The van der Waals surface area contributed by atoms with Gasteiger partial charge in [0.05, 0.1) is 26.7 Å². The van der Waals surface area contributed by atoms with Gasteiger partial charge in [0, 0.05) is 7.11 Å². The highest BCUT2D eigenvalue weighted by atomic mass is 127. The van der Waals surface area contributed by atoms with E-state index in [1.807, 2.05) is 0 Å². The SMILES string of the molecule is COCC[N+]1(C)CCCCC1.[I-]. The van der Waals surface area contributed by atoms with Gasteiger partial charge in [0.15, 0.2) is 0 Å². The maximum Gasteiger partial charge on any atom is 0.102 e. The number of hydrogen-bond donors (Lipinski definition) is 0. The van der Waals surface area contributed by atoms with Crippen LogP contribution in [0.5, 0.6) is 0 Å². The van der Waals surface area contributed by atoms with Crippen LogP contribution >= 0.6 is 0 Å². The molecule has 0 aromatic carbocycles. The van der Waals surface area contributed by atoms with Gasteiger partial charge in [-0.3, -0.25) is 0 Å². The molecule has 74 valence electrons. The molecule has 2 nitrogen and oxygen atoms in total. The van der Waals surface area contributed by atoms with Crippen LogP contribution in [0.1, 0.15) is 19.3 Å². The lowest BCUT2D eigenvalue weighted by Crippen LogP contribution is -3.00. The number of likely N-dealkylation sites (N-methyl/N-ethyl adjacent to an activating group) is 1. The monoisotopic (exact) mass is 285 g/mol. The average Bonchev–Trinajstić information content (AvgIpc) is 2.03. The topological polar surface area (TPSA) is 9.23 Å². The summed E-state index contributed by atoms with van der Waals surface area (Å²) < 4.78 is 6.32. The first-order chi connectivity index (χ1) is 5.27. The summed E-state index contributed by atoms with van der Waals surface area (Å²) in [4.78, 5) is 0. The molecule has 0 bridgehead atoms. The molecule has 0 spiro atoms. The molecule has 0 amide bonds. The molecule has 0 saturated carbocycles. The van der Waals surface area contributed by atoms with Gasteiger partial charge in [-0.15, -0.1) is 0 Å². The van der Waals surface area contributed by atoms with Gasteiger partial charge in [-0.2, -0.15) is 0 Å². The average molecular weight is 285 g/mol. The second-order valence-electron chi connectivity index (χ2n) is 3.84. The number of nitrogens with zero attached hydrogens (tertiary/aromatic N) is 1. The van der Waals surface area contributed by atoms with E-state index >= 15 is 0 Å². The second kappa shape index (κ2) is 6.16. The fraction of sp³-hybridized carbons (Fsp3) is 1.00. The number of likely N-dealkylation sites (tertiary alicyclic amines) is 1. The van der Waals surface area contributed by atoms with Gasteiger partial charge in [0.25, 0.3) is 0 Å². The summed E-state index contributed by atoms with van der Waals surface area (Å²) in [7, 11) is 4.13. The van der Waals surface area contributed by atoms with Crippen LogP contribution in [-0.4, -0.2) is 44.9 Å². The number of hydrogen-bond acceptors (Lipinski definition) is 1. The summed E-state index contributed by atoms with van der Waals surface area (Å²) in [5, 5.41) is 0. The first kappa shape index (κ1) is 12.7. The normalized spacial score (nSPS) is 21.5. The summed E-state index contributed by atoms with van der Waals surface area (Å²) in [5.41, 5.74) is 0. The Kier molecular flexibility index (Phi) is 6.49. The molecule has 0 unspecified atom stereocenters. The molecule has 12 heavy (non-hydrogen) atoms. The van der Waals surface area contributed by atoms with Crippen molar-refractivity contribution >= 4 is 0 Å². The van der Waals surface area contributed by atoms with Crippen LogP contribution in [0.2, 0.25) is 0 Å². The van der Waals surface area contributed by atoms with Crippen molar-refractivity contribution in [2.75, 3.05) is 40.4 Å². The molecule has 0 aromatic rings. The van der Waals surface area contributed by atoms with Gasteiger partial charge in [-0.05, 0) is 19.3 Å². The molecule has 1 heterocycles. The molecular weight excluding hydrogens is 265 g/mol. The third-order valence-electron chi connectivity index (χ3n) is 2.73. The molecule has 0 atom stereocenters. The van der Waals surface area contributed by atoms with E-state index in [1.165, 1.54) is 43.4 Å². The predicted molar refractivity (Wildman–Crippen MR) is 46.5 cm³/mol. The smallest absolute Gasteiger partial charge is 0.102 e. The van der Waals surface area contributed by atoms with E-state index < -0.39 is 0 Å². The molecule has 1 aliphatic rings. The molecule has 1 saturated heterocycles. The summed E-state index contributed by atoms with van der Waals surface area (Å²) in [6.07, 6.45) is 4.24. The number of methoxy groups -OCH3 is 1. The summed E-state index contributed by atoms with van der Waals surface area (Å²) in [6, 6.07) is 0. The van der Waals surface area contributed by atoms with Gasteiger partial charge >= 0.3 is 0 Å². The lowest BCUT2D eigenvalue weighted by atomic mass is 10.1. The summed E-state index contributed by atoms with van der Waals surface area (Å²) in [5.74, 6) is 0. The molecule has 1 aliphatic heterocycles. The van der Waals surface area contributed by atoms with Crippen molar-refractivity contribution in [1.82, 2.24) is 0 Å². The maximum absolute atomic E-state index is 5.09. The molecule has 1 fully saturated rings. The Labute approximate surface area is 92.9 Å². The van der Waals surface area contributed by atoms with Crippen molar-refractivity contribution in [2.45, 2.75) is 19.3 Å². The lowest BCUT2D eigenvalue weighted by molar-refractivity contribution is -0.914. The van der Waals surface area contributed by atoms with Crippen LogP contribution in [0, 0.1) is 0 Å². The zero-order chi connectivity index (χ0) is 8.16. The Morgan fingerprint density at radius 3 is 2.25 bits per heavy atom. The molecule has 1 rings (SSSR count). The van der Waals surface area contributed by atoms with E-state index in [2.05, 4.69) is 7.05 Å². The van der Waals surface area contributed by atoms with Crippen LogP contribution in [0.4, 0.5) is 0 Å². The summed E-state index contributed by atoms with van der Waals surface area (Å²) >= 11 is 0. The summed E-state index contributed by atoms with van der Waals surface area (Å²) in [6.45, 7) is 4.81.